The minimum absolute atomic E-state index is 0. The molecular weight excluding hydrogens is 300 g/mol. The zero-order chi connectivity index (χ0) is 15.5. The molecule has 0 aliphatic carbocycles. The van der Waals surface area contributed by atoms with E-state index in [4.69, 9.17) is 0 Å². The number of anilines is 1. The fraction of sp³-hybridized carbons (Fsp3) is 0.353. The fourth-order valence-corrected chi connectivity index (χ4v) is 2.31. The zero-order valence-electron chi connectivity index (χ0n) is 13.3. The molecule has 0 bridgehead atoms. The third kappa shape index (κ3) is 5.20. The number of nitrogens with one attached hydrogen (secondary N) is 1. The lowest BCUT2D eigenvalue weighted by Crippen LogP contribution is -3.00. The molecule has 0 radical (unpaired) electrons. The summed E-state index contributed by atoms with van der Waals surface area (Å²) in [5.41, 5.74) is 0.794. The summed E-state index contributed by atoms with van der Waals surface area (Å²) in [6.07, 6.45) is 1.38. The second kappa shape index (κ2) is 7.47. The Morgan fingerprint density at radius 2 is 1.91 bits per heavy atom. The van der Waals surface area contributed by atoms with Crippen molar-refractivity contribution in [3.8, 4) is 5.75 Å². The van der Waals surface area contributed by atoms with E-state index >= 15 is 0 Å². The van der Waals surface area contributed by atoms with Crippen LogP contribution in [-0.4, -0.2) is 43.2 Å². The van der Waals surface area contributed by atoms with E-state index in [9.17, 15) is 9.90 Å². The molecule has 2 aromatic carbocycles. The van der Waals surface area contributed by atoms with Crippen molar-refractivity contribution in [2.45, 2.75) is 12.8 Å². The molecule has 0 aliphatic rings. The van der Waals surface area contributed by atoms with Crippen LogP contribution >= 0.6 is 0 Å². The van der Waals surface area contributed by atoms with Gasteiger partial charge in [-0.05, 0) is 29.7 Å². The molecule has 2 N–H and O–H groups in total. The molecule has 22 heavy (non-hydrogen) atoms. The number of benzene rings is 2. The number of nitrogens with zero attached hydrogens (tertiary/aromatic N) is 1. The van der Waals surface area contributed by atoms with E-state index < -0.39 is 0 Å². The van der Waals surface area contributed by atoms with Crippen molar-refractivity contribution >= 4 is 22.4 Å². The Morgan fingerprint density at radius 3 is 2.59 bits per heavy atom. The first kappa shape index (κ1) is 18.3. The van der Waals surface area contributed by atoms with Gasteiger partial charge in [0, 0.05) is 23.9 Å². The number of phenolic OH excluding ortho intramolecular Hbond substituents is 1. The van der Waals surface area contributed by atoms with E-state index in [-0.39, 0.29) is 24.1 Å². The molecule has 2 rings (SSSR count). The monoisotopic (exact) mass is 322 g/mol. The van der Waals surface area contributed by atoms with Crippen LogP contribution < -0.4 is 17.7 Å². The summed E-state index contributed by atoms with van der Waals surface area (Å²) in [7, 11) is 6.36. The molecule has 0 unspecified atom stereocenters. The third-order valence-electron chi connectivity index (χ3n) is 3.37. The molecule has 120 valence electrons. The number of quaternary nitrogens is 1. The van der Waals surface area contributed by atoms with Gasteiger partial charge in [0.05, 0.1) is 27.7 Å². The molecule has 0 atom stereocenters. The van der Waals surface area contributed by atoms with Crippen molar-refractivity contribution in [1.29, 1.82) is 0 Å². The Bertz CT molecular complexity index is 651. The van der Waals surface area contributed by atoms with E-state index in [0.29, 0.717) is 6.42 Å². The van der Waals surface area contributed by atoms with Gasteiger partial charge in [-0.25, -0.2) is 0 Å². The predicted molar refractivity (Wildman–Crippen MR) is 86.4 cm³/mol. The second-order valence-electron chi connectivity index (χ2n) is 6.38. The molecule has 0 aromatic heterocycles. The summed E-state index contributed by atoms with van der Waals surface area (Å²) in [6, 6.07) is 10.8. The number of amides is 1. The molecule has 0 spiro atoms. The van der Waals surface area contributed by atoms with Crippen molar-refractivity contribution in [1.82, 2.24) is 0 Å². The standard InChI is InChI=1S/C17H22N2O2.ClH/c1-19(2,3)11-5-8-17(21)18-16-7-4-6-13-12-14(20)9-10-15(13)16;/h4,6-7,9-10,12H,5,8,11H2,1-3H3,(H-,18,20,21);1H. The Morgan fingerprint density at radius 1 is 1.18 bits per heavy atom. The van der Waals surface area contributed by atoms with E-state index in [0.717, 1.165) is 33.9 Å². The molecule has 0 saturated heterocycles. The maximum Gasteiger partial charge on any atom is 0.224 e. The first-order valence-electron chi connectivity index (χ1n) is 7.17. The number of phenols is 1. The molecule has 0 fully saturated rings. The van der Waals surface area contributed by atoms with Gasteiger partial charge in [0.15, 0.2) is 0 Å². The number of fused-ring (bicyclic) bond motifs is 1. The summed E-state index contributed by atoms with van der Waals surface area (Å²) in [4.78, 5) is 12.0. The number of hydrogen-bond acceptors (Lipinski definition) is 2. The Kier molecular flexibility index (Phi) is 6.21. The number of hydrogen-bond donors (Lipinski definition) is 2. The van der Waals surface area contributed by atoms with Gasteiger partial charge in [-0.2, -0.15) is 0 Å². The maximum atomic E-state index is 12.0. The van der Waals surface area contributed by atoms with Crippen molar-refractivity contribution in [3.05, 3.63) is 36.4 Å². The lowest BCUT2D eigenvalue weighted by atomic mass is 10.1. The number of carbonyl (C=O) groups is 1. The van der Waals surface area contributed by atoms with Gasteiger partial charge in [-0.15, -0.1) is 0 Å². The maximum absolute atomic E-state index is 12.0. The van der Waals surface area contributed by atoms with Crippen molar-refractivity contribution in [3.63, 3.8) is 0 Å². The van der Waals surface area contributed by atoms with Crippen LogP contribution in [0.3, 0.4) is 0 Å². The molecule has 0 saturated carbocycles. The molecule has 0 aliphatic heterocycles. The minimum Gasteiger partial charge on any atom is -1.00 e. The van der Waals surface area contributed by atoms with Crippen LogP contribution in [0, 0.1) is 0 Å². The van der Waals surface area contributed by atoms with Gasteiger partial charge >= 0.3 is 0 Å². The quantitative estimate of drug-likeness (QED) is 0.760. The summed E-state index contributed by atoms with van der Waals surface area (Å²) in [6.45, 7) is 0.969. The molecule has 0 heterocycles. The molecule has 4 nitrogen and oxygen atoms in total. The van der Waals surface area contributed by atoms with Crippen molar-refractivity contribution in [2.75, 3.05) is 33.0 Å². The van der Waals surface area contributed by atoms with E-state index in [1.165, 1.54) is 0 Å². The number of carbonyl (C=O) groups excluding carboxylic acids is 1. The van der Waals surface area contributed by atoms with Crippen molar-refractivity contribution in [2.24, 2.45) is 0 Å². The highest BCUT2D eigenvalue weighted by Crippen LogP contribution is 2.26. The number of halogens is 1. The van der Waals surface area contributed by atoms with Crippen LogP contribution in [0.2, 0.25) is 0 Å². The van der Waals surface area contributed by atoms with Crippen LogP contribution in [0.1, 0.15) is 12.8 Å². The zero-order valence-corrected chi connectivity index (χ0v) is 14.0. The lowest BCUT2D eigenvalue weighted by molar-refractivity contribution is -0.870. The van der Waals surface area contributed by atoms with Crippen LogP contribution in [0.5, 0.6) is 5.75 Å². The minimum atomic E-state index is 0. The normalized spacial score (nSPS) is 11.0. The lowest BCUT2D eigenvalue weighted by Gasteiger charge is -2.23. The van der Waals surface area contributed by atoms with Crippen molar-refractivity contribution < 1.29 is 26.8 Å². The summed E-state index contributed by atoms with van der Waals surface area (Å²) in [5.74, 6) is 0.262. The number of aromatic hydroxyl groups is 1. The van der Waals surface area contributed by atoms with Gasteiger partial charge in [-0.1, -0.05) is 12.1 Å². The highest BCUT2D eigenvalue weighted by Gasteiger charge is 2.10. The SMILES string of the molecule is C[N+](C)(C)CCCC(=O)Nc1cccc2cc(O)ccc12.[Cl-]. The average Bonchev–Trinajstić information content (AvgIpc) is 2.37. The van der Waals surface area contributed by atoms with Gasteiger partial charge in [0.2, 0.25) is 5.91 Å². The topological polar surface area (TPSA) is 49.3 Å². The highest BCUT2D eigenvalue weighted by atomic mass is 35.5. The molecule has 1 amide bonds. The van der Waals surface area contributed by atoms with Gasteiger partial charge < -0.3 is 27.3 Å². The van der Waals surface area contributed by atoms with Gasteiger partial charge in [0.1, 0.15) is 5.75 Å². The largest absolute Gasteiger partial charge is 1.00 e. The Labute approximate surface area is 137 Å². The molecular formula is C17H23ClN2O2. The Balaban J connectivity index is 0.00000242. The van der Waals surface area contributed by atoms with Crippen LogP contribution in [0.25, 0.3) is 10.8 Å². The summed E-state index contributed by atoms with van der Waals surface area (Å²) < 4.78 is 0.862. The Hall–Kier alpha value is -1.78. The second-order valence-corrected chi connectivity index (χ2v) is 6.38. The van der Waals surface area contributed by atoms with E-state index in [1.54, 1.807) is 12.1 Å². The van der Waals surface area contributed by atoms with Gasteiger partial charge in [-0.3, -0.25) is 4.79 Å². The fourth-order valence-electron chi connectivity index (χ4n) is 2.31. The first-order valence-corrected chi connectivity index (χ1v) is 7.17. The van der Waals surface area contributed by atoms with E-state index in [2.05, 4.69) is 26.5 Å². The molecule has 5 heteroatoms. The van der Waals surface area contributed by atoms with E-state index in [1.807, 2.05) is 24.3 Å². The highest BCUT2D eigenvalue weighted by molar-refractivity contribution is 6.02. The van der Waals surface area contributed by atoms with Gasteiger partial charge in [0.25, 0.3) is 0 Å². The summed E-state index contributed by atoms with van der Waals surface area (Å²) >= 11 is 0. The predicted octanol–water partition coefficient (Wildman–Crippen LogP) is -0.0257. The van der Waals surface area contributed by atoms with Crippen LogP contribution in [0.15, 0.2) is 36.4 Å². The molecule has 2 aromatic rings. The third-order valence-corrected chi connectivity index (χ3v) is 3.37. The van der Waals surface area contributed by atoms with Crippen LogP contribution in [0.4, 0.5) is 5.69 Å². The average molecular weight is 323 g/mol. The first-order chi connectivity index (χ1) is 9.85. The van der Waals surface area contributed by atoms with Crippen LogP contribution in [-0.2, 0) is 4.79 Å². The smallest absolute Gasteiger partial charge is 0.224 e. The summed E-state index contributed by atoms with van der Waals surface area (Å²) in [5, 5.41) is 14.3. The number of rotatable bonds is 5.